The molecule has 3 nitrogen and oxygen atoms in total. The van der Waals surface area contributed by atoms with Crippen molar-refractivity contribution in [1.82, 2.24) is 0 Å². The largest absolute Gasteiger partial charge is 0.497 e. The molecular formula is C15H13ClO3. The first-order chi connectivity index (χ1) is 9.02. The maximum absolute atomic E-state index is 11.3. The van der Waals surface area contributed by atoms with Crippen LogP contribution in [0, 0.1) is 6.92 Å². The van der Waals surface area contributed by atoms with E-state index < -0.39 is 5.97 Å². The van der Waals surface area contributed by atoms with Gasteiger partial charge in [-0.3, -0.25) is 0 Å². The van der Waals surface area contributed by atoms with Gasteiger partial charge in [0.1, 0.15) is 5.75 Å². The van der Waals surface area contributed by atoms with Gasteiger partial charge in [0.05, 0.1) is 12.7 Å². The van der Waals surface area contributed by atoms with Gasteiger partial charge in [-0.1, -0.05) is 23.7 Å². The summed E-state index contributed by atoms with van der Waals surface area (Å²) in [6.07, 6.45) is 0. The van der Waals surface area contributed by atoms with Crippen molar-refractivity contribution < 1.29 is 14.6 Å². The number of carboxylic acid groups (broad SMARTS) is 1. The predicted molar refractivity (Wildman–Crippen MR) is 75.1 cm³/mol. The molecule has 0 heterocycles. The van der Waals surface area contributed by atoms with E-state index in [1.807, 2.05) is 19.1 Å². The van der Waals surface area contributed by atoms with Crippen LogP contribution in [0.1, 0.15) is 15.9 Å². The van der Waals surface area contributed by atoms with E-state index in [9.17, 15) is 9.90 Å². The molecule has 0 atom stereocenters. The number of carboxylic acids is 1. The molecule has 0 aliphatic rings. The Bertz CT molecular complexity index is 635. The number of rotatable bonds is 3. The molecule has 0 unspecified atom stereocenters. The first-order valence-electron chi connectivity index (χ1n) is 5.71. The minimum absolute atomic E-state index is 0.194. The second kappa shape index (κ2) is 5.33. The summed E-state index contributed by atoms with van der Waals surface area (Å²) in [4.78, 5) is 11.3. The maximum atomic E-state index is 11.3. The van der Waals surface area contributed by atoms with E-state index in [1.54, 1.807) is 18.2 Å². The molecule has 0 bridgehead atoms. The van der Waals surface area contributed by atoms with Gasteiger partial charge in [0.2, 0.25) is 0 Å². The molecule has 98 valence electrons. The van der Waals surface area contributed by atoms with E-state index in [1.165, 1.54) is 13.2 Å². The van der Waals surface area contributed by atoms with Crippen molar-refractivity contribution in [3.05, 3.63) is 52.5 Å². The third-order valence-electron chi connectivity index (χ3n) is 2.94. The number of hydrogen-bond acceptors (Lipinski definition) is 2. The van der Waals surface area contributed by atoms with E-state index >= 15 is 0 Å². The Labute approximate surface area is 116 Å². The molecule has 1 N–H and O–H groups in total. The number of aromatic carboxylic acids is 1. The molecule has 19 heavy (non-hydrogen) atoms. The lowest BCUT2D eigenvalue weighted by atomic mass is 9.98. The number of benzene rings is 2. The number of halogens is 1. The zero-order valence-electron chi connectivity index (χ0n) is 10.6. The van der Waals surface area contributed by atoms with Gasteiger partial charge in [-0.05, 0) is 47.9 Å². The minimum Gasteiger partial charge on any atom is -0.497 e. The van der Waals surface area contributed by atoms with Gasteiger partial charge in [-0.15, -0.1) is 0 Å². The molecule has 0 saturated carbocycles. The molecular weight excluding hydrogens is 264 g/mol. The molecule has 0 aliphatic carbocycles. The summed E-state index contributed by atoms with van der Waals surface area (Å²) in [5, 5.41) is 9.90. The quantitative estimate of drug-likeness (QED) is 0.921. The van der Waals surface area contributed by atoms with E-state index in [2.05, 4.69) is 0 Å². The normalized spacial score (nSPS) is 10.3. The number of carbonyl (C=O) groups is 1. The Balaban J connectivity index is 2.60. The second-order valence-corrected chi connectivity index (χ2v) is 4.59. The molecule has 0 amide bonds. The van der Waals surface area contributed by atoms with Gasteiger partial charge in [0, 0.05) is 5.02 Å². The molecule has 2 aromatic rings. The van der Waals surface area contributed by atoms with Crippen LogP contribution in [0.3, 0.4) is 0 Å². The van der Waals surface area contributed by atoms with Crippen molar-refractivity contribution in [2.75, 3.05) is 7.11 Å². The van der Waals surface area contributed by atoms with Crippen LogP contribution in [-0.2, 0) is 0 Å². The van der Waals surface area contributed by atoms with Crippen molar-refractivity contribution in [2.24, 2.45) is 0 Å². The van der Waals surface area contributed by atoms with Crippen LogP contribution in [0.5, 0.6) is 5.75 Å². The molecule has 2 aromatic carbocycles. The van der Waals surface area contributed by atoms with E-state index in [0.717, 1.165) is 11.1 Å². The van der Waals surface area contributed by atoms with Crippen molar-refractivity contribution >= 4 is 17.6 Å². The standard InChI is InChI=1S/C15H13ClO3/c1-9-3-4-10(7-14(9)16)12-6-5-11(19-2)8-13(12)15(17)18/h3-8H,1-2H3,(H,17,18). The van der Waals surface area contributed by atoms with Crippen molar-refractivity contribution in [2.45, 2.75) is 6.92 Å². The summed E-state index contributed by atoms with van der Waals surface area (Å²) < 4.78 is 5.05. The Morgan fingerprint density at radius 3 is 2.53 bits per heavy atom. The Hall–Kier alpha value is -2.00. The maximum Gasteiger partial charge on any atom is 0.336 e. The van der Waals surface area contributed by atoms with Crippen LogP contribution in [0.2, 0.25) is 5.02 Å². The Morgan fingerprint density at radius 1 is 1.21 bits per heavy atom. The topological polar surface area (TPSA) is 46.5 Å². The van der Waals surface area contributed by atoms with Crippen LogP contribution in [0.25, 0.3) is 11.1 Å². The molecule has 0 aromatic heterocycles. The van der Waals surface area contributed by atoms with Crippen LogP contribution < -0.4 is 4.74 Å². The van der Waals surface area contributed by atoms with E-state index in [-0.39, 0.29) is 5.56 Å². The lowest BCUT2D eigenvalue weighted by molar-refractivity contribution is 0.0697. The third-order valence-corrected chi connectivity index (χ3v) is 3.35. The van der Waals surface area contributed by atoms with Gasteiger partial charge in [0.25, 0.3) is 0 Å². The highest BCUT2D eigenvalue weighted by Crippen LogP contribution is 2.30. The van der Waals surface area contributed by atoms with Crippen LogP contribution in [0.4, 0.5) is 0 Å². The minimum atomic E-state index is -0.995. The molecule has 4 heteroatoms. The van der Waals surface area contributed by atoms with Crippen molar-refractivity contribution in [3.8, 4) is 16.9 Å². The highest BCUT2D eigenvalue weighted by atomic mass is 35.5. The SMILES string of the molecule is COc1ccc(-c2ccc(C)c(Cl)c2)c(C(=O)O)c1. The average molecular weight is 277 g/mol. The van der Waals surface area contributed by atoms with Crippen LogP contribution in [-0.4, -0.2) is 18.2 Å². The van der Waals surface area contributed by atoms with Gasteiger partial charge in [0.15, 0.2) is 0 Å². The number of aryl methyl sites for hydroxylation is 1. The van der Waals surface area contributed by atoms with Crippen molar-refractivity contribution in [3.63, 3.8) is 0 Å². The Kier molecular flexibility index (Phi) is 3.76. The van der Waals surface area contributed by atoms with Gasteiger partial charge in [-0.25, -0.2) is 4.79 Å². The van der Waals surface area contributed by atoms with Crippen LogP contribution in [0.15, 0.2) is 36.4 Å². The average Bonchev–Trinajstić information content (AvgIpc) is 2.41. The summed E-state index contributed by atoms with van der Waals surface area (Å²) in [5.41, 5.74) is 2.54. The van der Waals surface area contributed by atoms with Gasteiger partial charge >= 0.3 is 5.97 Å². The molecule has 0 aliphatic heterocycles. The summed E-state index contributed by atoms with van der Waals surface area (Å²) in [5.74, 6) is -0.482. The van der Waals surface area contributed by atoms with E-state index in [4.69, 9.17) is 16.3 Å². The predicted octanol–water partition coefficient (Wildman–Crippen LogP) is 4.02. The summed E-state index contributed by atoms with van der Waals surface area (Å²) >= 11 is 6.08. The highest BCUT2D eigenvalue weighted by Gasteiger charge is 2.13. The fourth-order valence-electron chi connectivity index (χ4n) is 1.84. The number of hydrogen-bond donors (Lipinski definition) is 1. The van der Waals surface area contributed by atoms with Gasteiger partial charge < -0.3 is 9.84 Å². The molecule has 0 saturated heterocycles. The summed E-state index contributed by atoms with van der Waals surface area (Å²) in [7, 11) is 1.50. The Morgan fingerprint density at radius 2 is 1.95 bits per heavy atom. The highest BCUT2D eigenvalue weighted by molar-refractivity contribution is 6.31. The monoisotopic (exact) mass is 276 g/mol. The van der Waals surface area contributed by atoms with Crippen LogP contribution >= 0.6 is 11.6 Å². The fraction of sp³-hybridized carbons (Fsp3) is 0.133. The first kappa shape index (κ1) is 13.4. The second-order valence-electron chi connectivity index (χ2n) is 4.18. The third kappa shape index (κ3) is 2.71. The fourth-order valence-corrected chi connectivity index (χ4v) is 2.02. The number of ether oxygens (including phenoxy) is 1. The lowest BCUT2D eigenvalue weighted by Gasteiger charge is -2.09. The zero-order valence-corrected chi connectivity index (χ0v) is 11.4. The van der Waals surface area contributed by atoms with Gasteiger partial charge in [-0.2, -0.15) is 0 Å². The lowest BCUT2D eigenvalue weighted by Crippen LogP contribution is -2.00. The van der Waals surface area contributed by atoms with Crippen molar-refractivity contribution in [1.29, 1.82) is 0 Å². The summed E-state index contributed by atoms with van der Waals surface area (Å²) in [6.45, 7) is 1.90. The summed E-state index contributed by atoms with van der Waals surface area (Å²) in [6, 6.07) is 10.5. The zero-order chi connectivity index (χ0) is 14.0. The smallest absolute Gasteiger partial charge is 0.336 e. The first-order valence-corrected chi connectivity index (χ1v) is 6.08. The molecule has 0 radical (unpaired) electrons. The van der Waals surface area contributed by atoms with E-state index in [0.29, 0.717) is 16.3 Å². The molecule has 0 spiro atoms. The number of methoxy groups -OCH3 is 1. The molecule has 0 fully saturated rings. The molecule has 2 rings (SSSR count).